The minimum Gasteiger partial charge on any atom is -0.238 e. The summed E-state index contributed by atoms with van der Waals surface area (Å²) in [5.41, 5.74) is 2.13. The number of nitrogens with zero attached hydrogens (tertiary/aromatic N) is 2. The lowest BCUT2D eigenvalue weighted by atomic mass is 10.1. The number of hydrogen-bond donors (Lipinski definition) is 0. The Labute approximate surface area is 91.5 Å². The van der Waals surface area contributed by atoms with Gasteiger partial charge in [-0.3, -0.25) is 0 Å². The molecule has 2 rings (SSSR count). The van der Waals surface area contributed by atoms with E-state index in [0.29, 0.717) is 0 Å². The van der Waals surface area contributed by atoms with Crippen LogP contribution in [0.15, 0.2) is 22.7 Å². The highest BCUT2D eigenvalue weighted by Gasteiger charge is 2.05. The zero-order valence-corrected chi connectivity index (χ0v) is 9.80. The first-order valence-corrected chi connectivity index (χ1v) is 5.43. The Balaban J connectivity index is 2.87. The lowest BCUT2D eigenvalue weighted by molar-refractivity contribution is 0.980. The predicted octanol–water partition coefficient (Wildman–Crippen LogP) is 3.26. The van der Waals surface area contributed by atoms with Crippen molar-refractivity contribution in [3.8, 4) is 0 Å². The Hall–Kier alpha value is -0.960. The molecule has 1 aromatic carbocycles. The molecule has 0 amide bonds. The molecule has 0 unspecified atom stereocenters. The molecule has 2 aromatic rings. The second-order valence-electron chi connectivity index (χ2n) is 3.21. The number of aromatic nitrogens is 2. The van der Waals surface area contributed by atoms with Crippen molar-refractivity contribution in [3.05, 3.63) is 34.2 Å². The second kappa shape index (κ2) is 3.65. The first-order chi connectivity index (χ1) is 6.72. The van der Waals surface area contributed by atoms with Crippen LogP contribution < -0.4 is 0 Å². The topological polar surface area (TPSA) is 25.8 Å². The van der Waals surface area contributed by atoms with E-state index < -0.39 is 0 Å². The summed E-state index contributed by atoms with van der Waals surface area (Å²) in [6.07, 6.45) is 0.941. The van der Waals surface area contributed by atoms with E-state index >= 15 is 0 Å². The zero-order chi connectivity index (χ0) is 10.1. The number of rotatable bonds is 1. The molecule has 72 valence electrons. The third-order valence-corrected chi connectivity index (χ3v) is 2.84. The fourth-order valence-corrected chi connectivity index (χ4v) is 2.03. The van der Waals surface area contributed by atoms with E-state index in [0.717, 1.165) is 33.3 Å². The Kier molecular flexibility index (Phi) is 2.50. The molecule has 0 aliphatic carbocycles. The largest absolute Gasteiger partial charge is 0.238 e. The molecule has 3 heteroatoms. The Bertz CT molecular complexity index is 480. The summed E-state index contributed by atoms with van der Waals surface area (Å²) >= 11 is 3.50. The van der Waals surface area contributed by atoms with Gasteiger partial charge in [-0.25, -0.2) is 9.97 Å². The van der Waals surface area contributed by atoms with Crippen molar-refractivity contribution in [2.24, 2.45) is 0 Å². The van der Waals surface area contributed by atoms with Crippen LogP contribution in [0.4, 0.5) is 0 Å². The predicted molar refractivity (Wildman–Crippen MR) is 61.4 cm³/mol. The van der Waals surface area contributed by atoms with Gasteiger partial charge in [-0.05, 0) is 35.3 Å². The standard InChI is InChI=1S/C11H11BrN2/c1-3-10-8-5-4-6-9(12)11(8)14-7(2)13-10/h4-6H,3H2,1-2H3. The fourth-order valence-electron chi connectivity index (χ4n) is 1.57. The lowest BCUT2D eigenvalue weighted by Crippen LogP contribution is -1.96. The molecule has 0 spiro atoms. The van der Waals surface area contributed by atoms with Crippen molar-refractivity contribution >= 4 is 26.8 Å². The number of benzene rings is 1. The summed E-state index contributed by atoms with van der Waals surface area (Å²) in [4.78, 5) is 8.85. The molecule has 0 atom stereocenters. The first kappa shape index (κ1) is 9.59. The Morgan fingerprint density at radius 3 is 2.79 bits per heavy atom. The van der Waals surface area contributed by atoms with Gasteiger partial charge in [-0.2, -0.15) is 0 Å². The maximum Gasteiger partial charge on any atom is 0.126 e. The van der Waals surface area contributed by atoms with Crippen LogP contribution in [0.25, 0.3) is 10.9 Å². The van der Waals surface area contributed by atoms with Gasteiger partial charge < -0.3 is 0 Å². The van der Waals surface area contributed by atoms with E-state index in [9.17, 15) is 0 Å². The van der Waals surface area contributed by atoms with Crippen molar-refractivity contribution in [2.45, 2.75) is 20.3 Å². The molecule has 14 heavy (non-hydrogen) atoms. The van der Waals surface area contributed by atoms with Crippen molar-refractivity contribution in [1.82, 2.24) is 9.97 Å². The maximum atomic E-state index is 4.43. The molecular formula is C11H11BrN2. The number of para-hydroxylation sites is 1. The minimum absolute atomic E-state index is 0.834. The second-order valence-corrected chi connectivity index (χ2v) is 4.06. The highest BCUT2D eigenvalue weighted by molar-refractivity contribution is 9.10. The van der Waals surface area contributed by atoms with Gasteiger partial charge in [-0.15, -0.1) is 0 Å². The molecule has 0 radical (unpaired) electrons. The minimum atomic E-state index is 0.834. The third kappa shape index (κ3) is 1.52. The highest BCUT2D eigenvalue weighted by Crippen LogP contribution is 2.23. The Morgan fingerprint density at radius 1 is 1.29 bits per heavy atom. The van der Waals surface area contributed by atoms with E-state index in [-0.39, 0.29) is 0 Å². The van der Waals surface area contributed by atoms with Crippen LogP contribution in [-0.4, -0.2) is 9.97 Å². The molecule has 0 aliphatic heterocycles. The molecule has 0 fully saturated rings. The van der Waals surface area contributed by atoms with Crippen LogP contribution in [-0.2, 0) is 6.42 Å². The smallest absolute Gasteiger partial charge is 0.126 e. The summed E-state index contributed by atoms with van der Waals surface area (Å²) in [5, 5.41) is 1.15. The van der Waals surface area contributed by atoms with Crippen molar-refractivity contribution in [3.63, 3.8) is 0 Å². The molecule has 1 aromatic heterocycles. The lowest BCUT2D eigenvalue weighted by Gasteiger charge is -2.05. The maximum absolute atomic E-state index is 4.43. The molecule has 0 saturated carbocycles. The van der Waals surface area contributed by atoms with Gasteiger partial charge in [0.1, 0.15) is 5.82 Å². The average molecular weight is 251 g/mol. The number of aryl methyl sites for hydroxylation is 2. The summed E-state index contributed by atoms with van der Waals surface area (Å²) < 4.78 is 1.04. The number of fused-ring (bicyclic) bond motifs is 1. The summed E-state index contributed by atoms with van der Waals surface area (Å²) in [7, 11) is 0. The quantitative estimate of drug-likeness (QED) is 0.777. The van der Waals surface area contributed by atoms with E-state index in [4.69, 9.17) is 0 Å². The van der Waals surface area contributed by atoms with Crippen molar-refractivity contribution < 1.29 is 0 Å². The van der Waals surface area contributed by atoms with Crippen LogP contribution >= 0.6 is 15.9 Å². The third-order valence-electron chi connectivity index (χ3n) is 2.20. The summed E-state index contributed by atoms with van der Waals surface area (Å²) in [6.45, 7) is 4.04. The van der Waals surface area contributed by atoms with Crippen LogP contribution in [0.3, 0.4) is 0 Å². The first-order valence-electron chi connectivity index (χ1n) is 4.64. The van der Waals surface area contributed by atoms with Gasteiger partial charge in [0.25, 0.3) is 0 Å². The van der Waals surface area contributed by atoms with Crippen molar-refractivity contribution in [2.75, 3.05) is 0 Å². The normalized spacial score (nSPS) is 10.8. The Morgan fingerprint density at radius 2 is 2.07 bits per heavy atom. The molecule has 0 bridgehead atoms. The molecule has 1 heterocycles. The SMILES string of the molecule is CCc1nc(C)nc2c(Br)cccc12. The highest BCUT2D eigenvalue weighted by atomic mass is 79.9. The van der Waals surface area contributed by atoms with Crippen LogP contribution in [0.5, 0.6) is 0 Å². The molecule has 2 nitrogen and oxygen atoms in total. The summed E-state index contributed by atoms with van der Waals surface area (Å²) in [6, 6.07) is 6.09. The van der Waals surface area contributed by atoms with Gasteiger partial charge in [0.2, 0.25) is 0 Å². The van der Waals surface area contributed by atoms with E-state index in [2.05, 4.69) is 38.9 Å². The molecule has 0 saturated heterocycles. The number of hydrogen-bond acceptors (Lipinski definition) is 2. The molecule has 0 aliphatic rings. The fraction of sp³-hybridized carbons (Fsp3) is 0.273. The average Bonchev–Trinajstić information content (AvgIpc) is 2.18. The van der Waals surface area contributed by atoms with E-state index in [1.165, 1.54) is 0 Å². The van der Waals surface area contributed by atoms with Gasteiger partial charge in [-0.1, -0.05) is 19.1 Å². The van der Waals surface area contributed by atoms with Crippen LogP contribution in [0, 0.1) is 6.92 Å². The van der Waals surface area contributed by atoms with E-state index in [1.807, 2.05) is 19.1 Å². The van der Waals surface area contributed by atoms with E-state index in [1.54, 1.807) is 0 Å². The number of halogens is 1. The van der Waals surface area contributed by atoms with Crippen LogP contribution in [0.2, 0.25) is 0 Å². The monoisotopic (exact) mass is 250 g/mol. The van der Waals surface area contributed by atoms with Gasteiger partial charge in [0, 0.05) is 9.86 Å². The van der Waals surface area contributed by atoms with Crippen molar-refractivity contribution in [1.29, 1.82) is 0 Å². The zero-order valence-electron chi connectivity index (χ0n) is 8.21. The molecular weight excluding hydrogens is 240 g/mol. The van der Waals surface area contributed by atoms with Gasteiger partial charge in [0.15, 0.2) is 0 Å². The van der Waals surface area contributed by atoms with Gasteiger partial charge >= 0.3 is 0 Å². The van der Waals surface area contributed by atoms with Gasteiger partial charge in [0.05, 0.1) is 11.2 Å². The summed E-state index contributed by atoms with van der Waals surface area (Å²) in [5.74, 6) is 0.834. The van der Waals surface area contributed by atoms with Crippen LogP contribution in [0.1, 0.15) is 18.4 Å². The molecule has 0 N–H and O–H groups in total.